The molecule has 0 aliphatic heterocycles. The number of imidazole rings is 1. The fourth-order valence-electron chi connectivity index (χ4n) is 3.21. The van der Waals surface area contributed by atoms with E-state index in [0.717, 1.165) is 29.6 Å². The molecule has 1 aliphatic rings. The van der Waals surface area contributed by atoms with E-state index < -0.39 is 0 Å². The molecule has 0 unspecified atom stereocenters. The molecule has 1 N–H and O–H groups in total. The molecule has 5 heteroatoms. The highest BCUT2D eigenvalue weighted by Gasteiger charge is 2.13. The van der Waals surface area contributed by atoms with E-state index in [-0.39, 0.29) is 0 Å². The van der Waals surface area contributed by atoms with Crippen molar-refractivity contribution in [3.8, 4) is 11.3 Å². The number of nitrogens with zero attached hydrogens (tertiary/aromatic N) is 3. The van der Waals surface area contributed by atoms with Crippen molar-refractivity contribution in [3.63, 3.8) is 0 Å². The maximum atomic E-state index is 4.72. The van der Waals surface area contributed by atoms with Gasteiger partial charge >= 0.3 is 0 Å². The second-order valence-electron chi connectivity index (χ2n) is 6.03. The van der Waals surface area contributed by atoms with Gasteiger partial charge in [-0.15, -0.1) is 5.10 Å². The quantitative estimate of drug-likeness (QED) is 0.774. The maximum absolute atomic E-state index is 4.72. The number of nitrogens with one attached hydrogen (secondary N) is 1. The van der Waals surface area contributed by atoms with Crippen molar-refractivity contribution >= 4 is 22.8 Å². The van der Waals surface area contributed by atoms with Crippen molar-refractivity contribution in [3.05, 3.63) is 35.2 Å². The maximum Gasteiger partial charge on any atom is 0.154 e. The number of hydrogen-bond donors (Lipinski definition) is 1. The summed E-state index contributed by atoms with van der Waals surface area (Å²) in [4.78, 5) is 4.44. The highest BCUT2D eigenvalue weighted by atomic mass is 32.1. The van der Waals surface area contributed by atoms with E-state index in [2.05, 4.69) is 27.1 Å². The van der Waals surface area contributed by atoms with Crippen LogP contribution in [-0.4, -0.2) is 21.1 Å². The Kier molecular flexibility index (Phi) is 3.81. The molecule has 22 heavy (non-hydrogen) atoms. The Morgan fingerprint density at radius 1 is 1.18 bits per heavy atom. The van der Waals surface area contributed by atoms with E-state index in [9.17, 15) is 0 Å². The van der Waals surface area contributed by atoms with Crippen molar-refractivity contribution < 1.29 is 0 Å². The van der Waals surface area contributed by atoms with Gasteiger partial charge in [0, 0.05) is 17.5 Å². The SMILES string of the molecule is c1cc(-c2cnc3ccc(NCC4CCCCC4)nn23)cs1. The van der Waals surface area contributed by atoms with Gasteiger partial charge in [0.15, 0.2) is 5.65 Å². The molecule has 1 aliphatic carbocycles. The third-order valence-corrected chi connectivity index (χ3v) is 5.16. The van der Waals surface area contributed by atoms with Gasteiger partial charge in [0.1, 0.15) is 5.82 Å². The Labute approximate surface area is 134 Å². The number of anilines is 1. The van der Waals surface area contributed by atoms with Crippen molar-refractivity contribution in [1.82, 2.24) is 14.6 Å². The minimum Gasteiger partial charge on any atom is -0.368 e. The smallest absolute Gasteiger partial charge is 0.154 e. The summed E-state index contributed by atoms with van der Waals surface area (Å²) in [5.41, 5.74) is 3.12. The van der Waals surface area contributed by atoms with Crippen molar-refractivity contribution in [2.45, 2.75) is 32.1 Å². The first-order chi connectivity index (χ1) is 10.9. The fraction of sp³-hybridized carbons (Fsp3) is 0.412. The molecular formula is C17H20N4S. The van der Waals surface area contributed by atoms with E-state index in [1.54, 1.807) is 11.3 Å². The number of rotatable bonds is 4. The van der Waals surface area contributed by atoms with E-state index in [1.807, 2.05) is 22.8 Å². The zero-order valence-electron chi connectivity index (χ0n) is 12.5. The van der Waals surface area contributed by atoms with Gasteiger partial charge in [0.25, 0.3) is 0 Å². The summed E-state index contributed by atoms with van der Waals surface area (Å²) in [6, 6.07) is 6.17. The molecule has 3 heterocycles. The Hall–Kier alpha value is -1.88. The monoisotopic (exact) mass is 312 g/mol. The molecule has 0 atom stereocenters. The van der Waals surface area contributed by atoms with Gasteiger partial charge in [-0.2, -0.15) is 11.3 Å². The molecule has 0 bridgehead atoms. The van der Waals surface area contributed by atoms with Gasteiger partial charge in [0.05, 0.1) is 11.9 Å². The van der Waals surface area contributed by atoms with E-state index >= 15 is 0 Å². The van der Waals surface area contributed by atoms with Gasteiger partial charge in [-0.25, -0.2) is 9.50 Å². The van der Waals surface area contributed by atoms with Crippen LogP contribution in [0, 0.1) is 5.92 Å². The molecule has 0 amide bonds. The first kappa shape index (κ1) is 13.8. The summed E-state index contributed by atoms with van der Waals surface area (Å²) in [6.45, 7) is 1.03. The normalized spacial score (nSPS) is 16.2. The molecule has 1 saturated carbocycles. The zero-order chi connectivity index (χ0) is 14.8. The predicted molar refractivity (Wildman–Crippen MR) is 91.4 cm³/mol. The average Bonchev–Trinajstić information content (AvgIpc) is 3.22. The Morgan fingerprint density at radius 2 is 2.09 bits per heavy atom. The molecule has 1 fully saturated rings. The van der Waals surface area contributed by atoms with Crippen molar-refractivity contribution in [1.29, 1.82) is 0 Å². The predicted octanol–water partition coefficient (Wildman–Crippen LogP) is 4.45. The summed E-state index contributed by atoms with van der Waals surface area (Å²) in [7, 11) is 0. The lowest BCUT2D eigenvalue weighted by molar-refractivity contribution is 0.373. The van der Waals surface area contributed by atoms with Crippen LogP contribution in [0.4, 0.5) is 5.82 Å². The lowest BCUT2D eigenvalue weighted by Crippen LogP contribution is -2.18. The molecule has 114 valence electrons. The van der Waals surface area contributed by atoms with Gasteiger partial charge in [0.2, 0.25) is 0 Å². The second kappa shape index (κ2) is 6.08. The molecular weight excluding hydrogens is 292 g/mol. The molecule has 3 aromatic rings. The lowest BCUT2D eigenvalue weighted by atomic mass is 9.89. The van der Waals surface area contributed by atoms with Crippen LogP contribution in [0.2, 0.25) is 0 Å². The fourth-order valence-corrected chi connectivity index (χ4v) is 3.86. The molecule has 0 radical (unpaired) electrons. The Bertz CT molecular complexity index is 741. The highest BCUT2D eigenvalue weighted by Crippen LogP contribution is 2.25. The first-order valence-electron chi connectivity index (χ1n) is 8.01. The van der Waals surface area contributed by atoms with Crippen LogP contribution in [0.15, 0.2) is 35.2 Å². The highest BCUT2D eigenvalue weighted by molar-refractivity contribution is 7.08. The van der Waals surface area contributed by atoms with Gasteiger partial charge in [-0.1, -0.05) is 19.3 Å². The second-order valence-corrected chi connectivity index (χ2v) is 6.81. The number of hydrogen-bond acceptors (Lipinski definition) is 4. The third-order valence-electron chi connectivity index (χ3n) is 4.48. The largest absolute Gasteiger partial charge is 0.368 e. The van der Waals surface area contributed by atoms with E-state index in [0.29, 0.717) is 0 Å². The standard InChI is InChI=1S/C17H20N4S/c1-2-4-13(5-3-1)10-18-16-6-7-17-19-11-15(21(17)20-16)14-8-9-22-12-14/h6-9,11-13H,1-5,10H2,(H,18,20). The molecule has 3 aromatic heterocycles. The minimum absolute atomic E-state index is 0.797. The molecule has 0 aromatic carbocycles. The number of fused-ring (bicyclic) bond motifs is 1. The Balaban J connectivity index is 1.55. The zero-order valence-corrected chi connectivity index (χ0v) is 13.4. The van der Waals surface area contributed by atoms with E-state index in [1.165, 1.54) is 37.7 Å². The van der Waals surface area contributed by atoms with Crippen LogP contribution in [0.25, 0.3) is 16.9 Å². The molecule has 4 nitrogen and oxygen atoms in total. The van der Waals surface area contributed by atoms with Crippen LogP contribution < -0.4 is 5.32 Å². The van der Waals surface area contributed by atoms with Gasteiger partial charge in [-0.3, -0.25) is 0 Å². The molecule has 4 rings (SSSR count). The minimum atomic E-state index is 0.797. The van der Waals surface area contributed by atoms with Gasteiger partial charge in [-0.05, 0) is 42.3 Å². The van der Waals surface area contributed by atoms with Crippen LogP contribution in [0.3, 0.4) is 0 Å². The van der Waals surface area contributed by atoms with Gasteiger partial charge < -0.3 is 5.32 Å². The van der Waals surface area contributed by atoms with Crippen LogP contribution in [0.1, 0.15) is 32.1 Å². The van der Waals surface area contributed by atoms with Crippen molar-refractivity contribution in [2.75, 3.05) is 11.9 Å². The summed E-state index contributed by atoms with van der Waals surface area (Å²) < 4.78 is 1.94. The third kappa shape index (κ3) is 2.73. The summed E-state index contributed by atoms with van der Waals surface area (Å²) in [6.07, 6.45) is 8.75. The first-order valence-corrected chi connectivity index (χ1v) is 8.96. The topological polar surface area (TPSA) is 42.2 Å². The number of thiophene rings is 1. The van der Waals surface area contributed by atoms with E-state index in [4.69, 9.17) is 5.10 Å². The van der Waals surface area contributed by atoms with Crippen LogP contribution >= 0.6 is 11.3 Å². The number of aromatic nitrogens is 3. The lowest BCUT2D eigenvalue weighted by Gasteiger charge is -2.21. The van der Waals surface area contributed by atoms with Crippen LogP contribution in [-0.2, 0) is 0 Å². The summed E-state index contributed by atoms with van der Waals surface area (Å²) in [5.74, 6) is 1.73. The molecule has 0 spiro atoms. The summed E-state index contributed by atoms with van der Waals surface area (Å²) >= 11 is 1.70. The van der Waals surface area contributed by atoms with Crippen molar-refractivity contribution in [2.24, 2.45) is 5.92 Å². The summed E-state index contributed by atoms with van der Waals surface area (Å²) in [5, 5.41) is 12.5. The molecule has 0 saturated heterocycles. The Morgan fingerprint density at radius 3 is 2.91 bits per heavy atom. The van der Waals surface area contributed by atoms with Crippen LogP contribution in [0.5, 0.6) is 0 Å². The average molecular weight is 312 g/mol.